The van der Waals surface area contributed by atoms with Crippen molar-refractivity contribution >= 4 is 11.7 Å². The molecule has 0 radical (unpaired) electrons. The molecule has 2 aliphatic rings. The largest absolute Gasteiger partial charge is 0.453 e. The lowest BCUT2D eigenvalue weighted by Crippen LogP contribution is -2.42. The van der Waals surface area contributed by atoms with Crippen LogP contribution in [-0.2, 0) is 4.74 Å². The summed E-state index contributed by atoms with van der Waals surface area (Å²) in [7, 11) is 1.39. The number of nitrogens with zero attached hydrogens (tertiary/aromatic N) is 4. The second-order valence-corrected chi connectivity index (χ2v) is 9.04. The Labute approximate surface area is 179 Å². The van der Waals surface area contributed by atoms with Gasteiger partial charge in [0.05, 0.1) is 24.4 Å². The minimum atomic E-state index is -4.11. The summed E-state index contributed by atoms with van der Waals surface area (Å²) in [6, 6.07) is 3.92. The summed E-state index contributed by atoms with van der Waals surface area (Å²) in [6.45, 7) is 5.29. The van der Waals surface area contributed by atoms with Gasteiger partial charge >= 0.3 is 12.3 Å². The molecule has 1 saturated carbocycles. The zero-order valence-electron chi connectivity index (χ0n) is 18.2. The van der Waals surface area contributed by atoms with Crippen LogP contribution in [0.4, 0.5) is 18.0 Å². The Hall–Kier alpha value is -2.32. The number of fused-ring (bicyclic) bond motifs is 1. The number of carbonyl (C=O) groups is 1. The lowest BCUT2D eigenvalue weighted by Gasteiger charge is -2.36. The van der Waals surface area contributed by atoms with Crippen molar-refractivity contribution in [1.82, 2.24) is 19.5 Å². The van der Waals surface area contributed by atoms with Crippen molar-refractivity contribution in [2.24, 2.45) is 11.8 Å². The van der Waals surface area contributed by atoms with E-state index in [9.17, 15) is 18.0 Å². The molecule has 0 unspecified atom stereocenters. The number of amides is 1. The Kier molecular flexibility index (Phi) is 5.87. The van der Waals surface area contributed by atoms with Crippen molar-refractivity contribution in [1.29, 1.82) is 0 Å². The minimum Gasteiger partial charge on any atom is -0.453 e. The summed E-state index contributed by atoms with van der Waals surface area (Å²) in [5, 5.41) is 4.80. The maximum absolute atomic E-state index is 13.0. The summed E-state index contributed by atoms with van der Waals surface area (Å²) >= 11 is 0. The third-order valence-corrected chi connectivity index (χ3v) is 6.98. The summed E-state index contributed by atoms with van der Waals surface area (Å²) in [6.07, 6.45) is -2.32. The fourth-order valence-corrected chi connectivity index (χ4v) is 5.08. The van der Waals surface area contributed by atoms with E-state index in [1.54, 1.807) is 4.90 Å². The first-order valence-electron chi connectivity index (χ1n) is 10.9. The molecule has 0 spiro atoms. The smallest absolute Gasteiger partial charge is 0.409 e. The molecule has 31 heavy (non-hydrogen) atoms. The summed E-state index contributed by atoms with van der Waals surface area (Å²) < 4.78 is 45.8. The molecule has 3 heterocycles. The molecule has 170 valence electrons. The first kappa shape index (κ1) is 21.9. The number of aromatic nitrogens is 3. The highest BCUT2D eigenvalue weighted by atomic mass is 19.4. The highest BCUT2D eigenvalue weighted by Gasteiger charge is 2.42. The zero-order chi connectivity index (χ0) is 22.3. The molecule has 0 N–H and O–H groups in total. The van der Waals surface area contributed by atoms with Gasteiger partial charge in [0, 0.05) is 36.7 Å². The lowest BCUT2D eigenvalue weighted by molar-refractivity contribution is -0.182. The molecule has 1 saturated heterocycles. The van der Waals surface area contributed by atoms with Crippen molar-refractivity contribution in [3.8, 4) is 0 Å². The van der Waals surface area contributed by atoms with E-state index in [0.717, 1.165) is 23.5 Å². The molecule has 0 bridgehead atoms. The van der Waals surface area contributed by atoms with Crippen molar-refractivity contribution in [2.75, 3.05) is 20.2 Å². The SMILES string of the molecule is COC(=O)N1CC[C@H](C)[C@H](c2cc(C)nc3cc([C@H]4CC[C@H](C(F)(F)F)CC4)nn23)C1. The van der Waals surface area contributed by atoms with Crippen LogP contribution in [0.3, 0.4) is 0 Å². The number of methoxy groups -OCH3 is 1. The van der Waals surface area contributed by atoms with Gasteiger partial charge < -0.3 is 9.64 Å². The highest BCUT2D eigenvalue weighted by molar-refractivity contribution is 5.67. The predicted octanol–water partition coefficient (Wildman–Crippen LogP) is 5.07. The van der Waals surface area contributed by atoms with Crippen LogP contribution in [0.5, 0.6) is 0 Å². The number of hydrogen-bond donors (Lipinski definition) is 0. The molecule has 1 aliphatic heterocycles. The summed E-state index contributed by atoms with van der Waals surface area (Å²) in [5.74, 6) is -0.764. The van der Waals surface area contributed by atoms with Crippen LogP contribution in [0, 0.1) is 18.8 Å². The monoisotopic (exact) mass is 438 g/mol. The zero-order valence-corrected chi connectivity index (χ0v) is 18.2. The van der Waals surface area contributed by atoms with Crippen LogP contribution in [0.2, 0.25) is 0 Å². The van der Waals surface area contributed by atoms with Crippen molar-refractivity contribution < 1.29 is 22.7 Å². The standard InChI is InChI=1S/C22H29F3N4O2/c1-13-8-9-28(21(30)31-3)12-17(13)19-10-14(2)26-20-11-18(27-29(19)20)15-4-6-16(7-5-15)22(23,24)25/h10-11,13,15-17H,4-9,12H2,1-3H3/t13-,15-,16-,17+/m0/s1. The number of piperidine rings is 1. The first-order valence-corrected chi connectivity index (χ1v) is 10.9. The number of hydrogen-bond acceptors (Lipinski definition) is 4. The summed E-state index contributed by atoms with van der Waals surface area (Å²) in [5.41, 5.74) is 3.37. The second kappa shape index (κ2) is 8.31. The van der Waals surface area contributed by atoms with E-state index in [0.29, 0.717) is 37.5 Å². The second-order valence-electron chi connectivity index (χ2n) is 9.04. The van der Waals surface area contributed by atoms with E-state index in [4.69, 9.17) is 9.84 Å². The molecule has 6 nitrogen and oxygen atoms in total. The van der Waals surface area contributed by atoms with Crippen molar-refractivity contribution in [3.05, 3.63) is 29.2 Å². The molecule has 1 amide bonds. The van der Waals surface area contributed by atoms with Gasteiger partial charge in [-0.05, 0) is 51.0 Å². The van der Waals surface area contributed by atoms with E-state index in [1.807, 2.05) is 23.6 Å². The van der Waals surface area contributed by atoms with Crippen LogP contribution < -0.4 is 0 Å². The van der Waals surface area contributed by atoms with Crippen molar-refractivity contribution in [2.45, 2.75) is 64.0 Å². The number of alkyl halides is 3. The van der Waals surface area contributed by atoms with Gasteiger partial charge in [-0.25, -0.2) is 14.3 Å². The molecule has 0 aromatic carbocycles. The Balaban J connectivity index is 1.62. The molecule has 2 aromatic rings. The molecule has 4 rings (SSSR count). The van der Waals surface area contributed by atoms with E-state index >= 15 is 0 Å². The normalized spacial score (nSPS) is 27.5. The molecule has 2 atom stereocenters. The van der Waals surface area contributed by atoms with Gasteiger partial charge in [0.25, 0.3) is 0 Å². The number of carbonyl (C=O) groups excluding carboxylic acids is 1. The Morgan fingerprint density at radius 2 is 1.87 bits per heavy atom. The van der Waals surface area contributed by atoms with E-state index in [-0.39, 0.29) is 30.8 Å². The van der Waals surface area contributed by atoms with Crippen LogP contribution in [0.1, 0.15) is 67.9 Å². The van der Waals surface area contributed by atoms with E-state index < -0.39 is 12.1 Å². The van der Waals surface area contributed by atoms with Gasteiger partial charge in [-0.3, -0.25) is 0 Å². The van der Waals surface area contributed by atoms with Gasteiger partial charge in [0.1, 0.15) is 0 Å². The highest BCUT2D eigenvalue weighted by Crippen LogP contribution is 2.43. The third-order valence-electron chi connectivity index (χ3n) is 6.98. The maximum atomic E-state index is 13.0. The molecule has 2 aromatic heterocycles. The fraction of sp³-hybridized carbons (Fsp3) is 0.682. The van der Waals surface area contributed by atoms with Crippen LogP contribution >= 0.6 is 0 Å². The third kappa shape index (κ3) is 4.36. The van der Waals surface area contributed by atoms with Crippen LogP contribution in [0.15, 0.2) is 12.1 Å². The molecular formula is C22H29F3N4O2. The van der Waals surface area contributed by atoms with E-state index in [1.165, 1.54) is 7.11 Å². The Morgan fingerprint density at radius 1 is 1.16 bits per heavy atom. The fourth-order valence-electron chi connectivity index (χ4n) is 5.08. The van der Waals surface area contributed by atoms with Crippen LogP contribution in [-0.4, -0.2) is 52.0 Å². The van der Waals surface area contributed by atoms with Gasteiger partial charge in [0.15, 0.2) is 5.65 Å². The average Bonchev–Trinajstić information content (AvgIpc) is 3.16. The minimum absolute atomic E-state index is 0.0174. The Bertz CT molecular complexity index is 950. The molecule has 2 fully saturated rings. The van der Waals surface area contributed by atoms with E-state index in [2.05, 4.69) is 11.9 Å². The lowest BCUT2D eigenvalue weighted by atomic mass is 9.80. The predicted molar refractivity (Wildman–Crippen MR) is 109 cm³/mol. The molecule has 9 heteroatoms. The average molecular weight is 438 g/mol. The number of likely N-dealkylation sites (tertiary alicyclic amines) is 1. The Morgan fingerprint density at radius 3 is 2.52 bits per heavy atom. The number of halogens is 3. The van der Waals surface area contributed by atoms with Crippen LogP contribution in [0.25, 0.3) is 5.65 Å². The first-order chi connectivity index (χ1) is 14.7. The molecular weight excluding hydrogens is 409 g/mol. The van der Waals surface area contributed by atoms with Gasteiger partial charge in [-0.15, -0.1) is 0 Å². The number of aryl methyl sites for hydroxylation is 1. The topological polar surface area (TPSA) is 59.7 Å². The summed E-state index contributed by atoms with van der Waals surface area (Å²) in [4.78, 5) is 18.4. The molecule has 1 aliphatic carbocycles. The number of ether oxygens (including phenoxy) is 1. The van der Waals surface area contributed by atoms with Gasteiger partial charge in [-0.2, -0.15) is 18.3 Å². The van der Waals surface area contributed by atoms with Crippen molar-refractivity contribution in [3.63, 3.8) is 0 Å². The van der Waals surface area contributed by atoms with Gasteiger partial charge in [0.2, 0.25) is 0 Å². The quantitative estimate of drug-likeness (QED) is 0.657. The number of rotatable bonds is 2. The maximum Gasteiger partial charge on any atom is 0.409 e. The van der Waals surface area contributed by atoms with Gasteiger partial charge in [-0.1, -0.05) is 6.92 Å².